The normalized spacial score (nSPS) is 13.3. The van der Waals surface area contributed by atoms with Crippen molar-refractivity contribution in [3.63, 3.8) is 0 Å². The molecule has 1 heterocycles. The molecule has 4 nitrogen and oxygen atoms in total. The van der Waals surface area contributed by atoms with Crippen LogP contribution in [0.5, 0.6) is 11.5 Å². The van der Waals surface area contributed by atoms with Crippen molar-refractivity contribution in [2.45, 2.75) is 45.4 Å². The molecule has 0 unspecified atom stereocenters. The molecular formula is C16H23NO3. The van der Waals surface area contributed by atoms with E-state index in [-0.39, 0.29) is 12.7 Å². The van der Waals surface area contributed by atoms with Gasteiger partial charge in [0, 0.05) is 6.54 Å². The fourth-order valence-corrected chi connectivity index (χ4v) is 2.21. The van der Waals surface area contributed by atoms with E-state index in [1.807, 2.05) is 32.0 Å². The topological polar surface area (TPSA) is 47.6 Å². The second-order valence-electron chi connectivity index (χ2n) is 5.66. The Morgan fingerprint density at radius 3 is 2.75 bits per heavy atom. The zero-order valence-corrected chi connectivity index (χ0v) is 12.5. The van der Waals surface area contributed by atoms with E-state index < -0.39 is 5.41 Å². The molecule has 0 saturated heterocycles. The van der Waals surface area contributed by atoms with E-state index in [1.165, 1.54) is 0 Å². The highest BCUT2D eigenvalue weighted by Gasteiger charge is 2.31. The van der Waals surface area contributed by atoms with Gasteiger partial charge < -0.3 is 14.8 Å². The fraction of sp³-hybridized carbons (Fsp3) is 0.562. The molecule has 4 heteroatoms. The van der Waals surface area contributed by atoms with E-state index in [1.54, 1.807) is 0 Å². The predicted molar refractivity (Wildman–Crippen MR) is 78.1 cm³/mol. The van der Waals surface area contributed by atoms with Crippen LogP contribution in [0.1, 0.15) is 45.6 Å². The summed E-state index contributed by atoms with van der Waals surface area (Å²) in [5, 5.41) is 3.01. The Morgan fingerprint density at radius 2 is 2.00 bits per heavy atom. The van der Waals surface area contributed by atoms with Crippen LogP contribution in [0.4, 0.5) is 0 Å². The van der Waals surface area contributed by atoms with Gasteiger partial charge in [0.1, 0.15) is 0 Å². The van der Waals surface area contributed by atoms with Gasteiger partial charge in [-0.05, 0) is 38.0 Å². The fourth-order valence-electron chi connectivity index (χ4n) is 2.21. The summed E-state index contributed by atoms with van der Waals surface area (Å²) >= 11 is 0. The maximum absolute atomic E-state index is 12.3. The van der Waals surface area contributed by atoms with Gasteiger partial charge in [-0.25, -0.2) is 0 Å². The molecule has 0 saturated carbocycles. The molecule has 0 atom stereocenters. The molecule has 0 radical (unpaired) electrons. The molecular weight excluding hydrogens is 254 g/mol. The van der Waals surface area contributed by atoms with Crippen molar-refractivity contribution in [1.29, 1.82) is 0 Å². The maximum atomic E-state index is 12.3. The smallest absolute Gasteiger partial charge is 0.231 e. The van der Waals surface area contributed by atoms with Crippen molar-refractivity contribution >= 4 is 5.91 Å². The van der Waals surface area contributed by atoms with Gasteiger partial charge in [0.2, 0.25) is 12.7 Å². The predicted octanol–water partition coefficient (Wildman–Crippen LogP) is 3.00. The number of carbonyl (C=O) groups excluding carboxylic acids is 1. The summed E-state index contributed by atoms with van der Waals surface area (Å²) in [6, 6.07) is 5.69. The monoisotopic (exact) mass is 277 g/mol. The molecule has 0 bridgehead atoms. The van der Waals surface area contributed by atoms with Crippen molar-refractivity contribution in [1.82, 2.24) is 5.32 Å². The molecule has 20 heavy (non-hydrogen) atoms. The molecule has 1 aromatic rings. The van der Waals surface area contributed by atoms with Crippen LogP contribution in [0.25, 0.3) is 0 Å². The van der Waals surface area contributed by atoms with Gasteiger partial charge in [-0.2, -0.15) is 0 Å². The molecule has 1 N–H and O–H groups in total. The first-order valence-electron chi connectivity index (χ1n) is 7.24. The van der Waals surface area contributed by atoms with Crippen LogP contribution >= 0.6 is 0 Å². The summed E-state index contributed by atoms with van der Waals surface area (Å²) in [5.41, 5.74) is 0.363. The van der Waals surface area contributed by atoms with Gasteiger partial charge >= 0.3 is 0 Å². The quantitative estimate of drug-likeness (QED) is 0.813. The highest BCUT2D eigenvalue weighted by Crippen LogP contribution is 2.36. The van der Waals surface area contributed by atoms with E-state index in [2.05, 4.69) is 12.2 Å². The molecule has 1 aliphatic rings. The molecule has 0 spiro atoms. The number of hydrogen-bond acceptors (Lipinski definition) is 3. The van der Waals surface area contributed by atoms with Crippen molar-refractivity contribution in [3.8, 4) is 11.5 Å². The lowest BCUT2D eigenvalue weighted by molar-refractivity contribution is -0.125. The molecule has 1 aliphatic heterocycles. The third kappa shape index (κ3) is 3.06. The van der Waals surface area contributed by atoms with Gasteiger partial charge in [-0.15, -0.1) is 0 Å². The van der Waals surface area contributed by atoms with Crippen LogP contribution in [0.15, 0.2) is 18.2 Å². The van der Waals surface area contributed by atoms with Crippen molar-refractivity contribution in [2.75, 3.05) is 13.3 Å². The average Bonchev–Trinajstić information content (AvgIpc) is 2.90. The van der Waals surface area contributed by atoms with Crippen LogP contribution in [0.3, 0.4) is 0 Å². The number of amides is 1. The van der Waals surface area contributed by atoms with Crippen molar-refractivity contribution < 1.29 is 14.3 Å². The number of unbranched alkanes of at least 4 members (excludes halogenated alkanes) is 2. The standard InChI is InChI=1S/C16H23NO3/c1-4-5-6-9-17-15(18)16(2,3)12-7-8-13-14(10-12)20-11-19-13/h7-8,10H,4-6,9,11H2,1-3H3,(H,17,18). The van der Waals surface area contributed by atoms with Gasteiger partial charge in [0.15, 0.2) is 11.5 Å². The van der Waals surface area contributed by atoms with E-state index in [0.717, 1.165) is 37.1 Å². The third-order valence-electron chi connectivity index (χ3n) is 3.73. The average molecular weight is 277 g/mol. The third-order valence-corrected chi connectivity index (χ3v) is 3.73. The number of benzene rings is 1. The van der Waals surface area contributed by atoms with Gasteiger partial charge in [0.05, 0.1) is 5.41 Å². The summed E-state index contributed by atoms with van der Waals surface area (Å²) in [6.07, 6.45) is 3.33. The van der Waals surface area contributed by atoms with Crippen molar-refractivity contribution in [3.05, 3.63) is 23.8 Å². The molecule has 1 amide bonds. The van der Waals surface area contributed by atoms with E-state index in [0.29, 0.717) is 5.75 Å². The number of hydrogen-bond donors (Lipinski definition) is 1. The first-order valence-corrected chi connectivity index (χ1v) is 7.24. The number of rotatable bonds is 6. The zero-order valence-electron chi connectivity index (χ0n) is 12.5. The first kappa shape index (κ1) is 14.7. The Morgan fingerprint density at radius 1 is 1.25 bits per heavy atom. The minimum absolute atomic E-state index is 0.0486. The van der Waals surface area contributed by atoms with Gasteiger partial charge in [-0.1, -0.05) is 25.8 Å². The number of nitrogens with one attached hydrogen (secondary N) is 1. The number of ether oxygens (including phenoxy) is 2. The van der Waals surface area contributed by atoms with Crippen LogP contribution in [-0.4, -0.2) is 19.2 Å². The Balaban J connectivity index is 2.03. The molecule has 0 fully saturated rings. The molecule has 2 rings (SSSR count). The largest absolute Gasteiger partial charge is 0.454 e. The number of carbonyl (C=O) groups is 1. The van der Waals surface area contributed by atoms with E-state index in [4.69, 9.17) is 9.47 Å². The summed E-state index contributed by atoms with van der Waals surface area (Å²) in [6.45, 7) is 7.00. The second kappa shape index (κ2) is 6.16. The lowest BCUT2D eigenvalue weighted by Gasteiger charge is -2.24. The maximum Gasteiger partial charge on any atom is 0.231 e. The van der Waals surface area contributed by atoms with Gasteiger partial charge in [-0.3, -0.25) is 4.79 Å². The number of fused-ring (bicyclic) bond motifs is 1. The minimum Gasteiger partial charge on any atom is -0.454 e. The summed E-state index contributed by atoms with van der Waals surface area (Å²) in [5.74, 6) is 1.51. The summed E-state index contributed by atoms with van der Waals surface area (Å²) in [4.78, 5) is 12.3. The van der Waals surface area contributed by atoms with Crippen LogP contribution in [-0.2, 0) is 10.2 Å². The van der Waals surface area contributed by atoms with Crippen molar-refractivity contribution in [2.24, 2.45) is 0 Å². The summed E-state index contributed by atoms with van der Waals surface area (Å²) in [7, 11) is 0. The van der Waals surface area contributed by atoms with E-state index in [9.17, 15) is 4.79 Å². The van der Waals surface area contributed by atoms with Crippen LogP contribution in [0, 0.1) is 0 Å². The molecule has 0 aliphatic carbocycles. The first-order chi connectivity index (χ1) is 9.55. The highest BCUT2D eigenvalue weighted by molar-refractivity contribution is 5.87. The second-order valence-corrected chi connectivity index (χ2v) is 5.66. The van der Waals surface area contributed by atoms with Gasteiger partial charge in [0.25, 0.3) is 0 Å². The Hall–Kier alpha value is -1.71. The lowest BCUT2D eigenvalue weighted by atomic mass is 9.83. The highest BCUT2D eigenvalue weighted by atomic mass is 16.7. The zero-order chi connectivity index (χ0) is 14.6. The Kier molecular flexibility index (Phi) is 4.53. The molecule has 1 aromatic carbocycles. The minimum atomic E-state index is -0.576. The molecule has 0 aromatic heterocycles. The van der Waals surface area contributed by atoms with Crippen LogP contribution < -0.4 is 14.8 Å². The Labute approximate surface area is 120 Å². The SMILES string of the molecule is CCCCCNC(=O)C(C)(C)c1ccc2c(c1)OCO2. The Bertz CT molecular complexity index is 483. The molecule has 110 valence electrons. The lowest BCUT2D eigenvalue weighted by Crippen LogP contribution is -2.40. The van der Waals surface area contributed by atoms with E-state index >= 15 is 0 Å². The van der Waals surface area contributed by atoms with Crippen LogP contribution in [0.2, 0.25) is 0 Å². The summed E-state index contributed by atoms with van der Waals surface area (Å²) < 4.78 is 10.7.